The molecule has 0 saturated heterocycles. The van der Waals surface area contributed by atoms with Gasteiger partial charge in [-0.25, -0.2) is 0 Å². The van der Waals surface area contributed by atoms with Gasteiger partial charge in [0.1, 0.15) is 0 Å². The van der Waals surface area contributed by atoms with Crippen molar-refractivity contribution in [3.63, 3.8) is 0 Å². The summed E-state index contributed by atoms with van der Waals surface area (Å²) < 4.78 is 0. The fraction of sp³-hybridized carbons (Fsp3) is 0.241. The number of nitrogens with zero attached hydrogens (tertiary/aromatic N) is 1. The number of para-hydroxylation sites is 2. The molecule has 1 N–H and O–H groups in total. The van der Waals surface area contributed by atoms with E-state index in [1.54, 1.807) is 23.1 Å². The van der Waals surface area contributed by atoms with Gasteiger partial charge in [0, 0.05) is 33.3 Å². The molecule has 5 rings (SSSR count). The lowest BCUT2D eigenvalue weighted by molar-refractivity contribution is -0.119. The highest BCUT2D eigenvalue weighted by atomic mass is 35.5. The van der Waals surface area contributed by atoms with Gasteiger partial charge in [-0.1, -0.05) is 85.6 Å². The van der Waals surface area contributed by atoms with E-state index in [4.69, 9.17) is 23.2 Å². The largest absolute Gasteiger partial charge is 0.357 e. The lowest BCUT2D eigenvalue weighted by Gasteiger charge is -2.37. The first-order chi connectivity index (χ1) is 16.7. The number of carbonyl (C=O) groups excluding carboxylic acids is 2. The van der Waals surface area contributed by atoms with Crippen LogP contribution in [0.2, 0.25) is 10.0 Å². The van der Waals surface area contributed by atoms with Crippen LogP contribution < -0.4 is 10.2 Å². The molecule has 1 aliphatic carbocycles. The maximum atomic E-state index is 14.1. The van der Waals surface area contributed by atoms with Gasteiger partial charge in [-0.15, -0.1) is 0 Å². The summed E-state index contributed by atoms with van der Waals surface area (Å²) in [6.07, 6.45) is 1.22. The number of hydrogen-bond donors (Lipinski definition) is 1. The summed E-state index contributed by atoms with van der Waals surface area (Å²) in [5.41, 5.74) is 4.08. The first-order valence-corrected chi connectivity index (χ1v) is 12.4. The van der Waals surface area contributed by atoms with E-state index in [2.05, 4.69) is 19.2 Å². The summed E-state index contributed by atoms with van der Waals surface area (Å²) in [4.78, 5) is 29.5. The molecule has 0 aromatic heterocycles. The second-order valence-electron chi connectivity index (χ2n) is 9.94. The van der Waals surface area contributed by atoms with Gasteiger partial charge in [-0.3, -0.25) is 14.5 Å². The molecule has 35 heavy (non-hydrogen) atoms. The van der Waals surface area contributed by atoms with Crippen molar-refractivity contribution in [3.05, 3.63) is 105 Å². The molecule has 4 nitrogen and oxygen atoms in total. The van der Waals surface area contributed by atoms with E-state index < -0.39 is 6.04 Å². The Kier molecular flexibility index (Phi) is 6.20. The van der Waals surface area contributed by atoms with Crippen LogP contribution in [0.1, 0.15) is 43.9 Å². The first-order valence-electron chi connectivity index (χ1n) is 11.7. The molecule has 3 aromatic carbocycles. The minimum atomic E-state index is -0.748. The van der Waals surface area contributed by atoms with E-state index in [1.807, 2.05) is 54.6 Å². The summed E-state index contributed by atoms with van der Waals surface area (Å²) in [7, 11) is 0. The van der Waals surface area contributed by atoms with E-state index in [1.165, 1.54) is 0 Å². The summed E-state index contributed by atoms with van der Waals surface area (Å²) in [5.74, 6) is -0.145. The van der Waals surface area contributed by atoms with Gasteiger partial charge in [0.25, 0.3) is 0 Å². The van der Waals surface area contributed by atoms with Crippen LogP contribution in [0.5, 0.6) is 0 Å². The Hall–Kier alpha value is -3.08. The number of anilines is 2. The Morgan fingerprint density at radius 1 is 0.943 bits per heavy atom. The molecule has 0 saturated carbocycles. The molecular formula is C29H26Cl2N2O2. The number of fused-ring (bicyclic) bond motifs is 1. The fourth-order valence-electron chi connectivity index (χ4n) is 5.16. The number of allylic oxidation sites excluding steroid dienone is 1. The third-order valence-electron chi connectivity index (χ3n) is 6.64. The molecule has 1 atom stereocenters. The number of benzene rings is 3. The van der Waals surface area contributed by atoms with Crippen LogP contribution in [0.15, 0.2) is 84.1 Å². The highest BCUT2D eigenvalue weighted by Gasteiger charge is 2.44. The molecular weight excluding hydrogens is 479 g/mol. The van der Waals surface area contributed by atoms with Gasteiger partial charge in [0.2, 0.25) is 5.91 Å². The predicted molar refractivity (Wildman–Crippen MR) is 142 cm³/mol. The highest BCUT2D eigenvalue weighted by Crippen LogP contribution is 2.50. The average Bonchev–Trinajstić information content (AvgIpc) is 2.93. The van der Waals surface area contributed by atoms with Gasteiger partial charge in [0.05, 0.1) is 23.8 Å². The fourth-order valence-corrected chi connectivity index (χ4v) is 5.77. The Bertz CT molecular complexity index is 1330. The molecule has 0 unspecified atom stereocenters. The quantitative estimate of drug-likeness (QED) is 0.404. The number of Topliss-reactive ketones (excluding diaryl/α,β-unsaturated/α-hetero) is 1. The van der Waals surface area contributed by atoms with Crippen molar-refractivity contribution < 1.29 is 9.59 Å². The molecule has 3 aromatic rings. The molecule has 0 fully saturated rings. The molecule has 0 spiro atoms. The molecule has 1 heterocycles. The molecule has 178 valence electrons. The van der Waals surface area contributed by atoms with Crippen LogP contribution in [0.4, 0.5) is 11.4 Å². The standard InChI is InChI=1S/C29H26Cl2N2O2/c1-29(2)16-22-27(24(34)17-29)28(26-19(30)11-8-12-20(26)31)33(23-14-7-6-13-21(23)32-22)25(35)15-18-9-4-3-5-10-18/h3-14,28,32H,15-17H2,1-2H3/t28-/m1/s1. The van der Waals surface area contributed by atoms with Crippen LogP contribution in [-0.2, 0) is 16.0 Å². The van der Waals surface area contributed by atoms with Crippen molar-refractivity contribution in [1.82, 2.24) is 0 Å². The lowest BCUT2D eigenvalue weighted by atomic mass is 9.73. The summed E-state index contributed by atoms with van der Waals surface area (Å²) >= 11 is 13.5. The van der Waals surface area contributed by atoms with E-state index in [9.17, 15) is 9.59 Å². The normalized spacial score (nSPS) is 18.9. The maximum Gasteiger partial charge on any atom is 0.232 e. The molecule has 1 amide bonds. The smallest absolute Gasteiger partial charge is 0.232 e. The summed E-state index contributed by atoms with van der Waals surface area (Å²) in [6, 6.07) is 21.8. The Morgan fingerprint density at radius 2 is 1.60 bits per heavy atom. The van der Waals surface area contributed by atoms with Gasteiger partial charge < -0.3 is 5.32 Å². The number of carbonyl (C=O) groups is 2. The third kappa shape index (κ3) is 4.49. The van der Waals surface area contributed by atoms with E-state index in [0.717, 1.165) is 16.9 Å². The molecule has 2 aliphatic rings. The number of ketones is 1. The zero-order valence-electron chi connectivity index (χ0n) is 19.6. The number of amides is 1. The van der Waals surface area contributed by atoms with Crippen LogP contribution >= 0.6 is 23.2 Å². The van der Waals surface area contributed by atoms with Crippen molar-refractivity contribution in [2.24, 2.45) is 5.41 Å². The van der Waals surface area contributed by atoms with Crippen molar-refractivity contribution >= 4 is 46.3 Å². The summed E-state index contributed by atoms with van der Waals surface area (Å²) in [6.45, 7) is 4.17. The van der Waals surface area contributed by atoms with Crippen LogP contribution in [-0.4, -0.2) is 11.7 Å². The maximum absolute atomic E-state index is 14.1. The second kappa shape index (κ2) is 9.18. The van der Waals surface area contributed by atoms with Crippen molar-refractivity contribution in [1.29, 1.82) is 0 Å². The predicted octanol–water partition coefficient (Wildman–Crippen LogP) is 7.38. The summed E-state index contributed by atoms with van der Waals surface area (Å²) in [5, 5.41) is 4.35. The zero-order valence-corrected chi connectivity index (χ0v) is 21.2. The van der Waals surface area contributed by atoms with Gasteiger partial charge in [-0.2, -0.15) is 0 Å². The van der Waals surface area contributed by atoms with Crippen LogP contribution in [0, 0.1) is 5.41 Å². The average molecular weight is 505 g/mol. The molecule has 6 heteroatoms. The monoisotopic (exact) mass is 504 g/mol. The number of hydrogen-bond acceptors (Lipinski definition) is 3. The number of halogens is 2. The van der Waals surface area contributed by atoms with E-state index in [-0.39, 0.29) is 23.5 Å². The van der Waals surface area contributed by atoms with E-state index >= 15 is 0 Å². The van der Waals surface area contributed by atoms with Crippen molar-refractivity contribution in [2.75, 3.05) is 10.2 Å². The lowest BCUT2D eigenvalue weighted by Crippen LogP contribution is -2.40. The minimum Gasteiger partial charge on any atom is -0.357 e. The first kappa shape index (κ1) is 23.7. The van der Waals surface area contributed by atoms with Crippen molar-refractivity contribution in [3.8, 4) is 0 Å². The van der Waals surface area contributed by atoms with Crippen molar-refractivity contribution in [2.45, 2.75) is 39.2 Å². The van der Waals surface area contributed by atoms with Crippen LogP contribution in [0.3, 0.4) is 0 Å². The zero-order chi connectivity index (χ0) is 24.7. The highest BCUT2D eigenvalue weighted by molar-refractivity contribution is 6.36. The Labute approximate surface area is 215 Å². The second-order valence-corrected chi connectivity index (χ2v) is 10.8. The molecule has 0 radical (unpaired) electrons. The Morgan fingerprint density at radius 3 is 2.31 bits per heavy atom. The van der Waals surface area contributed by atoms with E-state index in [0.29, 0.717) is 39.7 Å². The SMILES string of the molecule is CC1(C)CC(=O)C2=C(C1)Nc1ccccc1N(C(=O)Cc1ccccc1)[C@@H]2c1c(Cl)cccc1Cl. The molecule has 1 aliphatic heterocycles. The number of nitrogens with one attached hydrogen (secondary N) is 1. The van der Waals surface area contributed by atoms with Gasteiger partial charge >= 0.3 is 0 Å². The van der Waals surface area contributed by atoms with Gasteiger partial charge in [0.15, 0.2) is 5.78 Å². The molecule has 0 bridgehead atoms. The van der Waals surface area contributed by atoms with Crippen LogP contribution in [0.25, 0.3) is 0 Å². The third-order valence-corrected chi connectivity index (χ3v) is 7.30. The minimum absolute atomic E-state index is 0.00458. The topological polar surface area (TPSA) is 49.4 Å². The van der Waals surface area contributed by atoms with Gasteiger partial charge in [-0.05, 0) is 41.7 Å². The number of rotatable bonds is 3. The Balaban J connectivity index is 1.77.